The SMILES string of the molecule is CC(C)c1nc2ccc(C(F)(F)F)cn2c1N=O. The monoisotopic (exact) mass is 257 g/mol. The Morgan fingerprint density at radius 1 is 1.33 bits per heavy atom. The molecule has 2 rings (SSSR count). The maximum Gasteiger partial charge on any atom is 0.417 e. The van der Waals surface area contributed by atoms with Gasteiger partial charge in [-0.3, -0.25) is 4.40 Å². The number of fused-ring (bicyclic) bond motifs is 1. The van der Waals surface area contributed by atoms with Crippen molar-refractivity contribution in [3.05, 3.63) is 34.5 Å². The molecule has 2 heterocycles. The van der Waals surface area contributed by atoms with Crippen LogP contribution in [0.1, 0.15) is 31.0 Å². The summed E-state index contributed by atoms with van der Waals surface area (Å²) in [5.74, 6) is -0.168. The standard InChI is InChI=1S/C11H10F3N3O/c1-6(2)9-10(16-18)17-5-7(11(12,13)14)3-4-8(17)15-9/h3-6H,1-2H3. The van der Waals surface area contributed by atoms with Crippen LogP contribution in [0.25, 0.3) is 5.65 Å². The van der Waals surface area contributed by atoms with Crippen molar-refractivity contribution in [3.8, 4) is 0 Å². The summed E-state index contributed by atoms with van der Waals surface area (Å²) in [6.07, 6.45) is -3.62. The van der Waals surface area contributed by atoms with Crippen molar-refractivity contribution in [1.82, 2.24) is 9.38 Å². The Labute approximate surface area is 100 Å². The van der Waals surface area contributed by atoms with E-state index in [2.05, 4.69) is 10.2 Å². The number of rotatable bonds is 2. The second-order valence-electron chi connectivity index (χ2n) is 4.21. The second kappa shape index (κ2) is 4.08. The summed E-state index contributed by atoms with van der Waals surface area (Å²) in [6, 6.07) is 2.16. The van der Waals surface area contributed by atoms with Gasteiger partial charge in [-0.15, -0.1) is 4.91 Å². The van der Waals surface area contributed by atoms with E-state index in [0.29, 0.717) is 5.69 Å². The Balaban J connectivity index is 2.72. The lowest BCUT2D eigenvalue weighted by atomic mass is 10.1. The fourth-order valence-corrected chi connectivity index (χ4v) is 1.70. The minimum Gasteiger partial charge on any atom is -0.281 e. The summed E-state index contributed by atoms with van der Waals surface area (Å²) in [7, 11) is 0. The summed E-state index contributed by atoms with van der Waals surface area (Å²) in [6.45, 7) is 3.59. The molecule has 0 aliphatic rings. The Hall–Kier alpha value is -1.92. The van der Waals surface area contributed by atoms with Crippen molar-refractivity contribution in [3.63, 3.8) is 0 Å². The van der Waals surface area contributed by atoms with Gasteiger partial charge in [0.05, 0.1) is 11.3 Å². The Morgan fingerprint density at radius 2 is 2.00 bits per heavy atom. The molecule has 18 heavy (non-hydrogen) atoms. The van der Waals surface area contributed by atoms with Gasteiger partial charge in [-0.2, -0.15) is 13.2 Å². The molecule has 96 valence electrons. The first kappa shape index (κ1) is 12.5. The lowest BCUT2D eigenvalue weighted by Crippen LogP contribution is -2.06. The van der Waals surface area contributed by atoms with E-state index >= 15 is 0 Å². The van der Waals surface area contributed by atoms with E-state index in [4.69, 9.17) is 0 Å². The van der Waals surface area contributed by atoms with Crippen LogP contribution < -0.4 is 0 Å². The third-order valence-electron chi connectivity index (χ3n) is 2.58. The van der Waals surface area contributed by atoms with Crippen molar-refractivity contribution >= 4 is 11.5 Å². The van der Waals surface area contributed by atoms with Gasteiger partial charge in [-0.1, -0.05) is 13.8 Å². The van der Waals surface area contributed by atoms with Crippen LogP contribution in [0, 0.1) is 4.91 Å². The molecule has 0 saturated heterocycles. The Bertz CT molecular complexity index is 601. The highest BCUT2D eigenvalue weighted by molar-refractivity contribution is 5.54. The first-order chi connectivity index (χ1) is 8.34. The first-order valence-electron chi connectivity index (χ1n) is 5.27. The molecule has 0 N–H and O–H groups in total. The van der Waals surface area contributed by atoms with E-state index < -0.39 is 11.7 Å². The molecule has 0 unspecified atom stereocenters. The van der Waals surface area contributed by atoms with Crippen LogP contribution in [0.2, 0.25) is 0 Å². The molecule has 0 atom stereocenters. The zero-order valence-electron chi connectivity index (χ0n) is 9.69. The zero-order valence-corrected chi connectivity index (χ0v) is 9.69. The number of alkyl halides is 3. The predicted molar refractivity (Wildman–Crippen MR) is 59.7 cm³/mol. The minimum atomic E-state index is -4.46. The maximum absolute atomic E-state index is 12.6. The molecule has 0 bridgehead atoms. The van der Waals surface area contributed by atoms with E-state index in [1.54, 1.807) is 13.8 Å². The van der Waals surface area contributed by atoms with Crippen LogP contribution in [0.3, 0.4) is 0 Å². The van der Waals surface area contributed by atoms with Crippen LogP contribution in [0.5, 0.6) is 0 Å². The van der Waals surface area contributed by atoms with Gasteiger partial charge in [0.15, 0.2) is 0 Å². The Kier molecular flexibility index (Phi) is 2.84. The molecule has 0 aliphatic heterocycles. The summed E-state index contributed by atoms with van der Waals surface area (Å²) in [5.41, 5.74) is -0.168. The van der Waals surface area contributed by atoms with Crippen molar-refractivity contribution in [2.45, 2.75) is 25.9 Å². The van der Waals surface area contributed by atoms with Gasteiger partial charge >= 0.3 is 6.18 Å². The molecule has 0 fully saturated rings. The fourth-order valence-electron chi connectivity index (χ4n) is 1.70. The summed E-state index contributed by atoms with van der Waals surface area (Å²) >= 11 is 0. The smallest absolute Gasteiger partial charge is 0.281 e. The molecule has 4 nitrogen and oxygen atoms in total. The summed E-state index contributed by atoms with van der Waals surface area (Å²) < 4.78 is 38.8. The molecule has 0 saturated carbocycles. The van der Waals surface area contributed by atoms with Crippen molar-refractivity contribution < 1.29 is 13.2 Å². The average Bonchev–Trinajstić information content (AvgIpc) is 2.65. The van der Waals surface area contributed by atoms with Crippen LogP contribution in [-0.2, 0) is 6.18 Å². The van der Waals surface area contributed by atoms with Crippen LogP contribution in [0.15, 0.2) is 23.5 Å². The normalized spacial score (nSPS) is 12.3. The molecule has 2 aromatic rings. The molecular weight excluding hydrogens is 247 g/mol. The summed E-state index contributed by atoms with van der Waals surface area (Å²) in [5, 5.41) is 2.79. The topological polar surface area (TPSA) is 46.7 Å². The fraction of sp³-hybridized carbons (Fsp3) is 0.364. The number of nitroso groups, excluding NO2 is 1. The molecule has 2 aromatic heterocycles. The van der Waals surface area contributed by atoms with Crippen LogP contribution in [-0.4, -0.2) is 9.38 Å². The molecule has 0 spiro atoms. The third-order valence-corrected chi connectivity index (χ3v) is 2.58. The van der Waals surface area contributed by atoms with Gasteiger partial charge in [-0.25, -0.2) is 4.98 Å². The maximum atomic E-state index is 12.6. The van der Waals surface area contributed by atoms with Gasteiger partial charge in [0.2, 0.25) is 5.82 Å². The van der Waals surface area contributed by atoms with E-state index in [9.17, 15) is 18.1 Å². The van der Waals surface area contributed by atoms with Gasteiger partial charge < -0.3 is 0 Å². The molecule has 7 heteroatoms. The summed E-state index contributed by atoms with van der Waals surface area (Å²) in [4.78, 5) is 14.9. The van der Waals surface area contributed by atoms with Crippen LogP contribution >= 0.6 is 0 Å². The highest BCUT2D eigenvalue weighted by atomic mass is 19.4. The minimum absolute atomic E-state index is 0.0777. The lowest BCUT2D eigenvalue weighted by Gasteiger charge is -2.06. The van der Waals surface area contributed by atoms with E-state index in [1.165, 1.54) is 6.07 Å². The number of pyridine rings is 1. The largest absolute Gasteiger partial charge is 0.417 e. The molecule has 0 aromatic carbocycles. The highest BCUT2D eigenvalue weighted by Gasteiger charge is 2.31. The van der Waals surface area contributed by atoms with Gasteiger partial charge in [0, 0.05) is 6.20 Å². The second-order valence-corrected chi connectivity index (χ2v) is 4.21. The van der Waals surface area contributed by atoms with Crippen molar-refractivity contribution in [2.24, 2.45) is 5.18 Å². The van der Waals surface area contributed by atoms with E-state index in [0.717, 1.165) is 16.7 Å². The number of aromatic nitrogens is 2. The number of halogens is 3. The molecule has 0 radical (unpaired) electrons. The number of hydrogen-bond acceptors (Lipinski definition) is 3. The van der Waals surface area contributed by atoms with Gasteiger partial charge in [-0.05, 0) is 23.2 Å². The number of imidazole rings is 1. The van der Waals surface area contributed by atoms with E-state index in [-0.39, 0.29) is 17.4 Å². The first-order valence-corrected chi connectivity index (χ1v) is 5.27. The number of nitrogens with zero attached hydrogens (tertiary/aromatic N) is 3. The van der Waals surface area contributed by atoms with Crippen molar-refractivity contribution in [2.75, 3.05) is 0 Å². The van der Waals surface area contributed by atoms with Gasteiger partial charge in [0.25, 0.3) is 0 Å². The van der Waals surface area contributed by atoms with E-state index in [1.807, 2.05) is 0 Å². The average molecular weight is 257 g/mol. The molecule has 0 amide bonds. The lowest BCUT2D eigenvalue weighted by molar-refractivity contribution is -0.137. The van der Waals surface area contributed by atoms with Crippen LogP contribution in [0.4, 0.5) is 19.0 Å². The highest BCUT2D eigenvalue weighted by Crippen LogP contribution is 2.32. The molecule has 0 aliphatic carbocycles. The van der Waals surface area contributed by atoms with Crippen molar-refractivity contribution in [1.29, 1.82) is 0 Å². The number of hydrogen-bond donors (Lipinski definition) is 0. The predicted octanol–water partition coefficient (Wildman–Crippen LogP) is 3.87. The molecular formula is C11H10F3N3O. The quantitative estimate of drug-likeness (QED) is 0.766. The van der Waals surface area contributed by atoms with Gasteiger partial charge in [0.1, 0.15) is 5.65 Å². The Morgan fingerprint density at radius 3 is 2.50 bits per heavy atom. The zero-order chi connectivity index (χ0) is 13.5. The third kappa shape index (κ3) is 1.96.